The van der Waals surface area contributed by atoms with E-state index in [1.807, 2.05) is 36.6 Å². The number of pyridine rings is 1. The van der Waals surface area contributed by atoms with Crippen molar-refractivity contribution in [2.45, 2.75) is 13.8 Å². The Morgan fingerprint density at radius 2 is 2.04 bits per heavy atom. The minimum atomic E-state index is -0.392. The quantitative estimate of drug-likeness (QED) is 0.393. The van der Waals surface area contributed by atoms with Gasteiger partial charge in [-0.15, -0.1) is 0 Å². The standard InChI is InChI=1S/C19H18N4O3/c1-13-9-15(11-20-16-7-8-19(26-3)21-12-16)14(2)22(13)17-5-4-6-18(10-17)23(24)25/h4-12H,1-3H3. The van der Waals surface area contributed by atoms with Crippen molar-refractivity contribution in [1.82, 2.24) is 9.55 Å². The van der Waals surface area contributed by atoms with Crippen molar-refractivity contribution in [3.8, 4) is 11.6 Å². The van der Waals surface area contributed by atoms with Gasteiger partial charge < -0.3 is 9.30 Å². The number of benzene rings is 1. The fourth-order valence-electron chi connectivity index (χ4n) is 2.77. The van der Waals surface area contributed by atoms with E-state index >= 15 is 0 Å². The highest BCUT2D eigenvalue weighted by Crippen LogP contribution is 2.23. The van der Waals surface area contributed by atoms with E-state index in [1.54, 1.807) is 37.7 Å². The highest BCUT2D eigenvalue weighted by atomic mass is 16.6. The molecule has 2 heterocycles. The minimum absolute atomic E-state index is 0.0644. The summed E-state index contributed by atoms with van der Waals surface area (Å²) in [6.07, 6.45) is 3.40. The molecule has 0 aliphatic heterocycles. The van der Waals surface area contributed by atoms with Gasteiger partial charge in [-0.2, -0.15) is 0 Å². The monoisotopic (exact) mass is 350 g/mol. The molecular formula is C19H18N4O3. The molecule has 7 nitrogen and oxygen atoms in total. The van der Waals surface area contributed by atoms with Crippen molar-refractivity contribution < 1.29 is 9.66 Å². The van der Waals surface area contributed by atoms with Gasteiger partial charge in [-0.1, -0.05) is 6.07 Å². The zero-order valence-corrected chi connectivity index (χ0v) is 14.7. The van der Waals surface area contributed by atoms with Crippen LogP contribution in [0.3, 0.4) is 0 Å². The molecule has 3 rings (SSSR count). The summed E-state index contributed by atoms with van der Waals surface area (Å²) in [5.41, 5.74) is 4.38. The van der Waals surface area contributed by atoms with Crippen molar-refractivity contribution in [1.29, 1.82) is 0 Å². The van der Waals surface area contributed by atoms with E-state index in [2.05, 4.69) is 9.98 Å². The molecule has 7 heteroatoms. The van der Waals surface area contributed by atoms with Crippen LogP contribution >= 0.6 is 0 Å². The molecule has 26 heavy (non-hydrogen) atoms. The maximum absolute atomic E-state index is 11.0. The van der Waals surface area contributed by atoms with Crippen LogP contribution in [0.15, 0.2) is 53.7 Å². The number of aryl methyl sites for hydroxylation is 1. The number of hydrogen-bond acceptors (Lipinski definition) is 5. The van der Waals surface area contributed by atoms with E-state index in [0.29, 0.717) is 11.6 Å². The fraction of sp³-hybridized carbons (Fsp3) is 0.158. The zero-order valence-electron chi connectivity index (χ0n) is 14.7. The topological polar surface area (TPSA) is 82.5 Å². The van der Waals surface area contributed by atoms with Crippen molar-refractivity contribution in [3.05, 3.63) is 75.7 Å². The predicted octanol–water partition coefficient (Wildman–Crippen LogP) is 4.16. The smallest absolute Gasteiger partial charge is 0.271 e. The van der Waals surface area contributed by atoms with Crippen LogP contribution in [0.2, 0.25) is 0 Å². The number of methoxy groups -OCH3 is 1. The van der Waals surface area contributed by atoms with Gasteiger partial charge in [0, 0.05) is 41.4 Å². The third kappa shape index (κ3) is 3.46. The summed E-state index contributed by atoms with van der Waals surface area (Å²) in [6, 6.07) is 12.1. The summed E-state index contributed by atoms with van der Waals surface area (Å²) in [5, 5.41) is 11.0. The molecule has 2 aromatic heterocycles. The second-order valence-corrected chi connectivity index (χ2v) is 5.76. The molecule has 3 aromatic rings. The first kappa shape index (κ1) is 17.3. The van der Waals surface area contributed by atoms with Gasteiger partial charge in [-0.3, -0.25) is 15.1 Å². The van der Waals surface area contributed by atoms with Crippen LogP contribution in [0.4, 0.5) is 11.4 Å². The molecule has 0 radical (unpaired) electrons. The number of non-ortho nitro benzene ring substituents is 1. The van der Waals surface area contributed by atoms with Crippen molar-refractivity contribution in [2.75, 3.05) is 7.11 Å². The number of nitro benzene ring substituents is 1. The normalized spacial score (nSPS) is 11.0. The molecule has 0 saturated heterocycles. The largest absolute Gasteiger partial charge is 0.481 e. The van der Waals surface area contributed by atoms with Crippen LogP contribution in [-0.2, 0) is 0 Å². The lowest BCUT2D eigenvalue weighted by atomic mass is 10.2. The van der Waals surface area contributed by atoms with Gasteiger partial charge in [0.1, 0.15) is 0 Å². The van der Waals surface area contributed by atoms with Crippen molar-refractivity contribution in [3.63, 3.8) is 0 Å². The molecule has 0 unspecified atom stereocenters. The molecule has 0 saturated carbocycles. The lowest BCUT2D eigenvalue weighted by Gasteiger charge is -2.09. The van der Waals surface area contributed by atoms with E-state index < -0.39 is 4.92 Å². The highest BCUT2D eigenvalue weighted by Gasteiger charge is 2.12. The molecule has 0 aliphatic rings. The summed E-state index contributed by atoms with van der Waals surface area (Å²) >= 11 is 0. The van der Waals surface area contributed by atoms with Gasteiger partial charge in [-0.05, 0) is 32.0 Å². The van der Waals surface area contributed by atoms with Crippen LogP contribution in [0.1, 0.15) is 17.0 Å². The summed E-state index contributed by atoms with van der Waals surface area (Å²) in [6.45, 7) is 3.91. The van der Waals surface area contributed by atoms with E-state index in [9.17, 15) is 10.1 Å². The Labute approximate surface area is 150 Å². The number of aromatic nitrogens is 2. The molecule has 1 aromatic carbocycles. The number of ether oxygens (including phenoxy) is 1. The number of rotatable bonds is 5. The Bertz CT molecular complexity index is 975. The number of nitro groups is 1. The third-order valence-corrected chi connectivity index (χ3v) is 4.05. The van der Waals surface area contributed by atoms with Gasteiger partial charge in [0.25, 0.3) is 5.69 Å². The van der Waals surface area contributed by atoms with E-state index in [1.165, 1.54) is 6.07 Å². The summed E-state index contributed by atoms with van der Waals surface area (Å²) < 4.78 is 7.00. The molecule has 0 bridgehead atoms. The average molecular weight is 350 g/mol. The third-order valence-electron chi connectivity index (χ3n) is 4.05. The first-order chi connectivity index (χ1) is 12.5. The maximum Gasteiger partial charge on any atom is 0.271 e. The Morgan fingerprint density at radius 1 is 1.23 bits per heavy atom. The van der Waals surface area contributed by atoms with Crippen molar-refractivity contribution >= 4 is 17.6 Å². The Morgan fingerprint density at radius 3 is 2.69 bits per heavy atom. The Hall–Kier alpha value is -3.48. The first-order valence-corrected chi connectivity index (χ1v) is 7.97. The van der Waals surface area contributed by atoms with E-state index in [-0.39, 0.29) is 5.69 Å². The average Bonchev–Trinajstić information content (AvgIpc) is 2.94. The molecule has 0 fully saturated rings. The second-order valence-electron chi connectivity index (χ2n) is 5.76. The van der Waals surface area contributed by atoms with E-state index in [4.69, 9.17) is 4.74 Å². The van der Waals surface area contributed by atoms with Crippen LogP contribution < -0.4 is 4.74 Å². The van der Waals surface area contributed by atoms with Crippen LogP contribution in [0.5, 0.6) is 5.88 Å². The summed E-state index contributed by atoms with van der Waals surface area (Å²) in [4.78, 5) is 19.2. The van der Waals surface area contributed by atoms with Gasteiger partial charge in [-0.25, -0.2) is 4.98 Å². The number of hydrogen-bond donors (Lipinski definition) is 0. The molecule has 0 atom stereocenters. The predicted molar refractivity (Wildman–Crippen MR) is 99.9 cm³/mol. The Balaban J connectivity index is 1.93. The zero-order chi connectivity index (χ0) is 18.7. The molecule has 0 aliphatic carbocycles. The Kier molecular flexibility index (Phi) is 4.79. The number of aliphatic imine (C=N–C) groups is 1. The molecule has 0 N–H and O–H groups in total. The van der Waals surface area contributed by atoms with Crippen LogP contribution in [0.25, 0.3) is 5.69 Å². The van der Waals surface area contributed by atoms with Crippen LogP contribution in [-0.4, -0.2) is 27.8 Å². The minimum Gasteiger partial charge on any atom is -0.481 e. The number of nitrogens with zero attached hydrogens (tertiary/aromatic N) is 4. The van der Waals surface area contributed by atoms with E-state index in [0.717, 1.165) is 22.6 Å². The molecular weight excluding hydrogens is 332 g/mol. The van der Waals surface area contributed by atoms with Gasteiger partial charge in [0.05, 0.1) is 29.6 Å². The molecule has 0 amide bonds. The SMILES string of the molecule is COc1ccc(N=Cc2cc(C)n(-c3cccc([N+](=O)[O-])c3)c2C)cn1. The van der Waals surface area contributed by atoms with Crippen LogP contribution in [0, 0.1) is 24.0 Å². The lowest BCUT2D eigenvalue weighted by molar-refractivity contribution is -0.384. The van der Waals surface area contributed by atoms with Crippen molar-refractivity contribution in [2.24, 2.45) is 4.99 Å². The highest BCUT2D eigenvalue weighted by molar-refractivity contribution is 5.84. The van der Waals surface area contributed by atoms with Gasteiger partial charge in [0.15, 0.2) is 0 Å². The lowest BCUT2D eigenvalue weighted by Crippen LogP contribution is -2.00. The first-order valence-electron chi connectivity index (χ1n) is 7.97. The second kappa shape index (κ2) is 7.18. The molecule has 132 valence electrons. The van der Waals surface area contributed by atoms with Gasteiger partial charge >= 0.3 is 0 Å². The maximum atomic E-state index is 11.0. The summed E-state index contributed by atoms with van der Waals surface area (Å²) in [5.74, 6) is 0.535. The molecule has 0 spiro atoms. The fourth-order valence-corrected chi connectivity index (χ4v) is 2.77. The summed E-state index contributed by atoms with van der Waals surface area (Å²) in [7, 11) is 1.56. The van der Waals surface area contributed by atoms with Gasteiger partial charge in [0.2, 0.25) is 5.88 Å².